The van der Waals surface area contributed by atoms with E-state index in [4.69, 9.17) is 0 Å². The number of halogens is 2. The summed E-state index contributed by atoms with van der Waals surface area (Å²) in [5.41, 5.74) is 0.935. The highest BCUT2D eigenvalue weighted by Gasteiger charge is 2.11. The second-order valence-electron chi connectivity index (χ2n) is 4.17. The number of amides is 1. The fraction of sp³-hybridized carbons (Fsp3) is 0.143. The van der Waals surface area contributed by atoms with Gasteiger partial charge in [0, 0.05) is 23.4 Å². The van der Waals surface area contributed by atoms with Crippen molar-refractivity contribution in [1.29, 1.82) is 0 Å². The summed E-state index contributed by atoms with van der Waals surface area (Å²) in [6.07, 6.45) is 2.12. The van der Waals surface area contributed by atoms with E-state index >= 15 is 0 Å². The number of aliphatic hydroxyl groups is 1. The molecule has 2 aromatic rings. The Kier molecular flexibility index (Phi) is 4.81. The van der Waals surface area contributed by atoms with Gasteiger partial charge in [0.25, 0.3) is 5.91 Å². The second kappa shape index (κ2) is 6.58. The number of pyridine rings is 1. The minimum absolute atomic E-state index is 0.0387. The van der Waals surface area contributed by atoms with Gasteiger partial charge in [-0.3, -0.25) is 9.78 Å². The van der Waals surface area contributed by atoms with Crippen LogP contribution < -0.4 is 5.32 Å². The maximum Gasteiger partial charge on any atom is 0.252 e. The van der Waals surface area contributed by atoms with Crippen molar-refractivity contribution in [3.8, 4) is 0 Å². The van der Waals surface area contributed by atoms with Crippen LogP contribution >= 0.6 is 15.9 Å². The maximum absolute atomic E-state index is 12.8. The van der Waals surface area contributed by atoms with E-state index in [-0.39, 0.29) is 18.3 Å². The number of benzene rings is 1. The largest absolute Gasteiger partial charge is 0.387 e. The summed E-state index contributed by atoms with van der Waals surface area (Å²) in [7, 11) is 0. The van der Waals surface area contributed by atoms with Crippen LogP contribution in [0.25, 0.3) is 0 Å². The number of nitrogens with one attached hydrogen (secondary N) is 1. The minimum atomic E-state index is -0.889. The Hall–Kier alpha value is -1.79. The summed E-state index contributed by atoms with van der Waals surface area (Å²) < 4.78 is 13.5. The molecular formula is C14H12BrFN2O2. The third-order valence-corrected chi connectivity index (χ3v) is 3.11. The van der Waals surface area contributed by atoms with Gasteiger partial charge < -0.3 is 10.4 Å². The minimum Gasteiger partial charge on any atom is -0.387 e. The van der Waals surface area contributed by atoms with Crippen molar-refractivity contribution in [1.82, 2.24) is 10.3 Å². The molecule has 1 heterocycles. The molecule has 0 spiro atoms. The molecule has 1 amide bonds. The van der Waals surface area contributed by atoms with Crippen molar-refractivity contribution >= 4 is 21.8 Å². The average Bonchev–Trinajstić information content (AvgIpc) is 2.45. The van der Waals surface area contributed by atoms with Crippen molar-refractivity contribution in [2.75, 3.05) is 6.54 Å². The third-order valence-electron chi connectivity index (χ3n) is 2.68. The summed E-state index contributed by atoms with van der Waals surface area (Å²) in [4.78, 5) is 15.7. The Morgan fingerprint density at radius 2 is 2.05 bits per heavy atom. The zero-order valence-corrected chi connectivity index (χ0v) is 12.0. The number of aliphatic hydroxyl groups excluding tert-OH is 1. The number of carbonyl (C=O) groups is 1. The van der Waals surface area contributed by atoms with Crippen molar-refractivity contribution < 1.29 is 14.3 Å². The molecule has 0 radical (unpaired) electrons. The van der Waals surface area contributed by atoms with Crippen molar-refractivity contribution in [3.63, 3.8) is 0 Å². The fourth-order valence-corrected chi connectivity index (χ4v) is 2.00. The highest BCUT2D eigenvalue weighted by molar-refractivity contribution is 9.10. The van der Waals surface area contributed by atoms with E-state index < -0.39 is 6.10 Å². The Morgan fingerprint density at radius 1 is 1.35 bits per heavy atom. The lowest BCUT2D eigenvalue weighted by molar-refractivity contribution is 0.0916. The first kappa shape index (κ1) is 14.6. The van der Waals surface area contributed by atoms with Crippen LogP contribution in [0.4, 0.5) is 4.39 Å². The van der Waals surface area contributed by atoms with Gasteiger partial charge in [-0.15, -0.1) is 0 Å². The molecule has 104 valence electrons. The van der Waals surface area contributed by atoms with Gasteiger partial charge in [-0.25, -0.2) is 4.39 Å². The van der Waals surface area contributed by atoms with E-state index in [1.54, 1.807) is 12.3 Å². The first-order chi connectivity index (χ1) is 9.56. The average molecular weight is 339 g/mol. The predicted molar refractivity (Wildman–Crippen MR) is 75.6 cm³/mol. The van der Waals surface area contributed by atoms with Crippen LogP contribution in [-0.2, 0) is 0 Å². The number of carbonyl (C=O) groups excluding carboxylic acids is 1. The molecule has 1 atom stereocenters. The molecular weight excluding hydrogens is 327 g/mol. The lowest BCUT2D eigenvalue weighted by Crippen LogP contribution is -2.28. The predicted octanol–water partition coefficient (Wildman–Crippen LogP) is 2.45. The Bertz CT molecular complexity index is 604. The van der Waals surface area contributed by atoms with E-state index in [0.29, 0.717) is 15.6 Å². The van der Waals surface area contributed by atoms with E-state index in [2.05, 4.69) is 26.2 Å². The lowest BCUT2D eigenvalue weighted by Gasteiger charge is -2.12. The Balaban J connectivity index is 1.94. The Labute approximate surface area is 123 Å². The SMILES string of the molecule is O=C(NCC(O)c1ccc(F)cc1)c1cncc(Br)c1. The zero-order chi connectivity index (χ0) is 14.5. The third kappa shape index (κ3) is 3.85. The van der Waals surface area contributed by atoms with Crippen molar-refractivity contribution in [3.05, 3.63) is 64.1 Å². The van der Waals surface area contributed by atoms with Gasteiger partial charge in [-0.05, 0) is 39.7 Å². The molecule has 20 heavy (non-hydrogen) atoms. The molecule has 2 N–H and O–H groups in total. The molecule has 0 bridgehead atoms. The van der Waals surface area contributed by atoms with E-state index in [1.807, 2.05) is 0 Å². The number of nitrogens with zero attached hydrogens (tertiary/aromatic N) is 1. The first-order valence-electron chi connectivity index (χ1n) is 5.88. The molecule has 1 aromatic heterocycles. The topological polar surface area (TPSA) is 62.2 Å². The fourth-order valence-electron chi connectivity index (χ4n) is 1.63. The zero-order valence-electron chi connectivity index (χ0n) is 10.4. The molecule has 2 rings (SSSR count). The van der Waals surface area contributed by atoms with Gasteiger partial charge in [0.1, 0.15) is 5.82 Å². The highest BCUT2D eigenvalue weighted by Crippen LogP contribution is 2.13. The van der Waals surface area contributed by atoms with Crippen LogP contribution in [0.15, 0.2) is 47.2 Å². The summed E-state index contributed by atoms with van der Waals surface area (Å²) >= 11 is 3.23. The van der Waals surface area contributed by atoms with Gasteiger partial charge in [0.05, 0.1) is 11.7 Å². The molecule has 6 heteroatoms. The van der Waals surface area contributed by atoms with Gasteiger partial charge in [-0.2, -0.15) is 0 Å². The van der Waals surface area contributed by atoms with Crippen LogP contribution in [0, 0.1) is 5.82 Å². The second-order valence-corrected chi connectivity index (χ2v) is 5.08. The van der Waals surface area contributed by atoms with Gasteiger partial charge in [0.2, 0.25) is 0 Å². The molecule has 0 saturated heterocycles. The summed E-state index contributed by atoms with van der Waals surface area (Å²) in [6.45, 7) is 0.0387. The molecule has 4 nitrogen and oxygen atoms in total. The highest BCUT2D eigenvalue weighted by atomic mass is 79.9. The molecule has 1 aromatic carbocycles. The smallest absolute Gasteiger partial charge is 0.252 e. The van der Waals surface area contributed by atoms with Crippen LogP contribution in [-0.4, -0.2) is 22.5 Å². The van der Waals surface area contributed by atoms with Gasteiger partial charge in [-0.1, -0.05) is 12.1 Å². The normalized spacial score (nSPS) is 11.9. The monoisotopic (exact) mass is 338 g/mol. The van der Waals surface area contributed by atoms with Crippen LogP contribution in [0.2, 0.25) is 0 Å². The lowest BCUT2D eigenvalue weighted by atomic mass is 10.1. The molecule has 0 aliphatic rings. The summed E-state index contributed by atoms with van der Waals surface area (Å²) in [5.74, 6) is -0.704. The van der Waals surface area contributed by atoms with Crippen LogP contribution in [0.5, 0.6) is 0 Å². The van der Waals surface area contributed by atoms with E-state index in [1.165, 1.54) is 30.5 Å². The maximum atomic E-state index is 12.8. The number of hydrogen-bond acceptors (Lipinski definition) is 3. The van der Waals surface area contributed by atoms with Crippen LogP contribution in [0.1, 0.15) is 22.0 Å². The van der Waals surface area contributed by atoms with Crippen molar-refractivity contribution in [2.24, 2.45) is 0 Å². The Morgan fingerprint density at radius 3 is 2.70 bits per heavy atom. The van der Waals surface area contributed by atoms with Gasteiger partial charge in [0.15, 0.2) is 0 Å². The number of rotatable bonds is 4. The summed E-state index contributed by atoms with van der Waals surface area (Å²) in [5, 5.41) is 12.5. The molecule has 0 aliphatic heterocycles. The van der Waals surface area contributed by atoms with E-state index in [0.717, 1.165) is 0 Å². The number of hydrogen-bond donors (Lipinski definition) is 2. The quantitative estimate of drug-likeness (QED) is 0.900. The molecule has 0 saturated carbocycles. The molecule has 0 aliphatic carbocycles. The van der Waals surface area contributed by atoms with Crippen molar-refractivity contribution in [2.45, 2.75) is 6.10 Å². The van der Waals surface area contributed by atoms with Gasteiger partial charge >= 0.3 is 0 Å². The van der Waals surface area contributed by atoms with E-state index in [9.17, 15) is 14.3 Å². The molecule has 0 fully saturated rings. The number of aromatic nitrogens is 1. The summed E-state index contributed by atoms with van der Waals surface area (Å²) in [6, 6.07) is 7.11. The standard InChI is InChI=1S/C14H12BrFN2O2/c15-11-5-10(6-17-7-11)14(20)18-8-13(19)9-1-3-12(16)4-2-9/h1-7,13,19H,8H2,(H,18,20). The first-order valence-corrected chi connectivity index (χ1v) is 6.68. The molecule has 1 unspecified atom stereocenters. The van der Waals surface area contributed by atoms with Crippen LogP contribution in [0.3, 0.4) is 0 Å².